The van der Waals surface area contributed by atoms with Gasteiger partial charge in [0.2, 0.25) is 0 Å². The van der Waals surface area contributed by atoms with Crippen molar-refractivity contribution >= 4 is 0 Å². The van der Waals surface area contributed by atoms with Crippen LogP contribution < -0.4 is 0 Å². The SMILES string of the molecule is Cc1ccc(C)c(C2CN(CC(O)COC(C)C)C(C)CO2)c1. The van der Waals surface area contributed by atoms with E-state index in [0.717, 1.165) is 6.54 Å². The van der Waals surface area contributed by atoms with Crippen LogP contribution in [0.25, 0.3) is 0 Å². The maximum absolute atomic E-state index is 10.2. The van der Waals surface area contributed by atoms with E-state index in [0.29, 0.717) is 25.8 Å². The summed E-state index contributed by atoms with van der Waals surface area (Å²) in [5, 5.41) is 10.2. The van der Waals surface area contributed by atoms with Crippen LogP contribution in [-0.2, 0) is 9.47 Å². The first kappa shape index (κ1) is 18.4. The van der Waals surface area contributed by atoms with Gasteiger partial charge in [-0.15, -0.1) is 0 Å². The highest BCUT2D eigenvalue weighted by atomic mass is 16.5. The minimum atomic E-state index is -0.461. The molecule has 0 spiro atoms. The molecule has 23 heavy (non-hydrogen) atoms. The molecule has 2 rings (SSSR count). The lowest BCUT2D eigenvalue weighted by molar-refractivity contribution is -0.0818. The molecule has 1 fully saturated rings. The number of morpholine rings is 1. The van der Waals surface area contributed by atoms with Crippen LogP contribution in [0.2, 0.25) is 0 Å². The molecular weight excluding hydrogens is 290 g/mol. The molecule has 1 aromatic rings. The Hall–Kier alpha value is -0.940. The summed E-state index contributed by atoms with van der Waals surface area (Å²) in [5.41, 5.74) is 3.78. The fraction of sp³-hybridized carbons (Fsp3) is 0.684. The normalized spacial score (nSPS) is 24.1. The van der Waals surface area contributed by atoms with Gasteiger partial charge in [0, 0.05) is 19.1 Å². The summed E-state index contributed by atoms with van der Waals surface area (Å²) in [6, 6.07) is 6.81. The zero-order valence-electron chi connectivity index (χ0n) is 15.1. The van der Waals surface area contributed by atoms with Crippen molar-refractivity contribution in [3.05, 3.63) is 34.9 Å². The van der Waals surface area contributed by atoms with Gasteiger partial charge in [0.25, 0.3) is 0 Å². The zero-order chi connectivity index (χ0) is 17.0. The molecule has 0 saturated carbocycles. The van der Waals surface area contributed by atoms with Crippen LogP contribution in [0.3, 0.4) is 0 Å². The number of rotatable bonds is 6. The Kier molecular flexibility index (Phi) is 6.60. The second kappa shape index (κ2) is 8.25. The van der Waals surface area contributed by atoms with E-state index in [2.05, 4.69) is 43.9 Å². The first-order valence-electron chi connectivity index (χ1n) is 8.59. The van der Waals surface area contributed by atoms with Gasteiger partial charge >= 0.3 is 0 Å². The average molecular weight is 321 g/mol. The first-order valence-corrected chi connectivity index (χ1v) is 8.59. The lowest BCUT2D eigenvalue weighted by atomic mass is 9.98. The Bertz CT molecular complexity index is 503. The third-order valence-electron chi connectivity index (χ3n) is 4.41. The quantitative estimate of drug-likeness (QED) is 0.875. The van der Waals surface area contributed by atoms with E-state index >= 15 is 0 Å². The fourth-order valence-corrected chi connectivity index (χ4v) is 2.98. The molecule has 0 aliphatic carbocycles. The van der Waals surface area contributed by atoms with Crippen molar-refractivity contribution in [1.29, 1.82) is 0 Å². The van der Waals surface area contributed by atoms with Gasteiger partial charge in [-0.1, -0.05) is 23.8 Å². The van der Waals surface area contributed by atoms with E-state index in [1.54, 1.807) is 0 Å². The van der Waals surface area contributed by atoms with Crippen molar-refractivity contribution in [2.24, 2.45) is 0 Å². The van der Waals surface area contributed by atoms with Crippen LogP contribution in [0.15, 0.2) is 18.2 Å². The number of benzene rings is 1. The third-order valence-corrected chi connectivity index (χ3v) is 4.41. The Morgan fingerprint density at radius 3 is 2.78 bits per heavy atom. The number of nitrogens with zero attached hydrogens (tertiary/aromatic N) is 1. The van der Waals surface area contributed by atoms with Gasteiger partial charge in [-0.2, -0.15) is 0 Å². The Labute approximate surface area is 140 Å². The monoisotopic (exact) mass is 321 g/mol. The van der Waals surface area contributed by atoms with Crippen molar-refractivity contribution in [3.63, 3.8) is 0 Å². The van der Waals surface area contributed by atoms with Gasteiger partial charge in [0.1, 0.15) is 0 Å². The van der Waals surface area contributed by atoms with Crippen LogP contribution in [-0.4, -0.2) is 54.6 Å². The molecule has 4 heteroatoms. The summed E-state index contributed by atoms with van der Waals surface area (Å²) in [7, 11) is 0. The summed E-state index contributed by atoms with van der Waals surface area (Å²) in [6.07, 6.45) is -0.240. The maximum atomic E-state index is 10.2. The molecule has 1 N–H and O–H groups in total. The highest BCUT2D eigenvalue weighted by Crippen LogP contribution is 2.28. The molecule has 1 aromatic carbocycles. The van der Waals surface area contributed by atoms with Gasteiger partial charge in [0.15, 0.2) is 0 Å². The minimum Gasteiger partial charge on any atom is -0.389 e. The summed E-state index contributed by atoms with van der Waals surface area (Å²) in [6.45, 7) is 12.9. The highest BCUT2D eigenvalue weighted by molar-refractivity contribution is 5.32. The van der Waals surface area contributed by atoms with Crippen molar-refractivity contribution in [3.8, 4) is 0 Å². The summed E-state index contributed by atoms with van der Waals surface area (Å²) in [4.78, 5) is 2.31. The Morgan fingerprint density at radius 2 is 2.09 bits per heavy atom. The molecule has 1 saturated heterocycles. The Balaban J connectivity index is 1.99. The smallest absolute Gasteiger partial charge is 0.0955 e. The number of aliphatic hydroxyl groups is 1. The summed E-state index contributed by atoms with van der Waals surface area (Å²) < 4.78 is 11.6. The second-order valence-electron chi connectivity index (χ2n) is 7.02. The van der Waals surface area contributed by atoms with E-state index in [4.69, 9.17) is 9.47 Å². The molecule has 1 heterocycles. The lowest BCUT2D eigenvalue weighted by Crippen LogP contribution is -2.48. The number of aliphatic hydroxyl groups excluding tert-OH is 1. The molecule has 0 aromatic heterocycles. The summed E-state index contributed by atoms with van der Waals surface area (Å²) >= 11 is 0. The van der Waals surface area contributed by atoms with E-state index < -0.39 is 6.10 Å². The van der Waals surface area contributed by atoms with E-state index in [1.165, 1.54) is 16.7 Å². The average Bonchev–Trinajstić information content (AvgIpc) is 2.50. The van der Waals surface area contributed by atoms with Crippen molar-refractivity contribution < 1.29 is 14.6 Å². The third kappa shape index (κ3) is 5.28. The molecular formula is C19H31NO3. The molecule has 0 radical (unpaired) electrons. The molecule has 1 aliphatic rings. The zero-order valence-corrected chi connectivity index (χ0v) is 15.1. The van der Waals surface area contributed by atoms with Crippen LogP contribution in [0, 0.1) is 13.8 Å². The molecule has 3 unspecified atom stereocenters. The predicted molar refractivity (Wildman–Crippen MR) is 92.7 cm³/mol. The number of hydrogen-bond donors (Lipinski definition) is 1. The molecule has 3 atom stereocenters. The number of ether oxygens (including phenoxy) is 2. The van der Waals surface area contributed by atoms with Crippen LogP contribution in [0.1, 0.15) is 43.6 Å². The van der Waals surface area contributed by atoms with Gasteiger partial charge < -0.3 is 14.6 Å². The predicted octanol–water partition coefficient (Wildman–Crippen LogP) is 2.85. The van der Waals surface area contributed by atoms with Crippen molar-refractivity contribution in [2.45, 2.75) is 59.0 Å². The van der Waals surface area contributed by atoms with E-state index in [9.17, 15) is 5.11 Å². The van der Waals surface area contributed by atoms with Crippen LogP contribution >= 0.6 is 0 Å². The number of β-amino-alcohol motifs (C(OH)–C–C–N with tert-alkyl or cyclic N) is 1. The van der Waals surface area contributed by atoms with Crippen LogP contribution in [0.5, 0.6) is 0 Å². The minimum absolute atomic E-state index is 0.0734. The van der Waals surface area contributed by atoms with Gasteiger partial charge in [-0.05, 0) is 45.7 Å². The first-order chi connectivity index (χ1) is 10.9. The van der Waals surface area contributed by atoms with E-state index in [1.807, 2.05) is 13.8 Å². The number of hydrogen-bond acceptors (Lipinski definition) is 4. The van der Waals surface area contributed by atoms with Gasteiger partial charge in [-0.3, -0.25) is 4.90 Å². The molecule has 4 nitrogen and oxygen atoms in total. The maximum Gasteiger partial charge on any atom is 0.0955 e. The highest BCUT2D eigenvalue weighted by Gasteiger charge is 2.29. The van der Waals surface area contributed by atoms with Crippen LogP contribution in [0.4, 0.5) is 0 Å². The number of aryl methyl sites for hydroxylation is 2. The molecule has 0 amide bonds. The van der Waals surface area contributed by atoms with Crippen molar-refractivity contribution in [1.82, 2.24) is 4.90 Å². The molecule has 130 valence electrons. The lowest BCUT2D eigenvalue weighted by Gasteiger charge is -2.39. The fourth-order valence-electron chi connectivity index (χ4n) is 2.98. The molecule has 1 aliphatic heterocycles. The summed E-state index contributed by atoms with van der Waals surface area (Å²) in [5.74, 6) is 0. The second-order valence-corrected chi connectivity index (χ2v) is 7.02. The van der Waals surface area contributed by atoms with Gasteiger partial charge in [0.05, 0.1) is 31.5 Å². The largest absolute Gasteiger partial charge is 0.389 e. The topological polar surface area (TPSA) is 41.9 Å². The molecule has 0 bridgehead atoms. The standard InChI is InChI=1S/C19H31NO3/c1-13(2)22-12-17(21)9-20-10-19(23-11-16(20)5)18-8-14(3)6-7-15(18)4/h6-8,13,16-17,19,21H,9-12H2,1-5H3. The Morgan fingerprint density at radius 1 is 1.35 bits per heavy atom. The van der Waals surface area contributed by atoms with Crippen molar-refractivity contribution in [2.75, 3.05) is 26.3 Å². The van der Waals surface area contributed by atoms with E-state index in [-0.39, 0.29) is 12.2 Å². The van der Waals surface area contributed by atoms with Gasteiger partial charge in [-0.25, -0.2) is 0 Å².